The Bertz CT molecular complexity index is 336. The summed E-state index contributed by atoms with van der Waals surface area (Å²) in [5, 5.41) is 2.77. The topological polar surface area (TPSA) is 84.7 Å². The molecular weight excluding hydrogens is 270 g/mol. The van der Waals surface area contributed by atoms with E-state index in [-0.39, 0.29) is 18.4 Å². The van der Waals surface area contributed by atoms with E-state index in [1.54, 1.807) is 4.90 Å². The molecule has 0 radical (unpaired) electrons. The molecular formula is C15H29N3O3. The zero-order valence-electron chi connectivity index (χ0n) is 13.3. The summed E-state index contributed by atoms with van der Waals surface area (Å²) in [4.78, 5) is 26.1. The lowest BCUT2D eigenvalue weighted by Gasteiger charge is -2.34. The van der Waals surface area contributed by atoms with Gasteiger partial charge in [-0.25, -0.2) is 0 Å². The highest BCUT2D eigenvalue weighted by atomic mass is 16.5. The first-order valence-corrected chi connectivity index (χ1v) is 7.98. The Kier molecular flexibility index (Phi) is 8.30. The number of likely N-dealkylation sites (N-methyl/N-ethyl adjacent to an activating group) is 1. The summed E-state index contributed by atoms with van der Waals surface area (Å²) < 4.78 is 5.34. The Morgan fingerprint density at radius 2 is 2.14 bits per heavy atom. The number of rotatable bonds is 8. The van der Waals surface area contributed by atoms with E-state index in [2.05, 4.69) is 12.2 Å². The molecule has 0 aliphatic carbocycles. The van der Waals surface area contributed by atoms with E-state index in [1.165, 1.54) is 0 Å². The van der Waals surface area contributed by atoms with Gasteiger partial charge in [-0.3, -0.25) is 9.59 Å². The SMILES string of the molecule is CCNC(=O)C1COCCN1C(=O)CCC(CC)CCN. The number of nitrogens with one attached hydrogen (secondary N) is 1. The van der Waals surface area contributed by atoms with Crippen LogP contribution in [-0.2, 0) is 14.3 Å². The van der Waals surface area contributed by atoms with Crippen molar-refractivity contribution >= 4 is 11.8 Å². The number of morpholine rings is 1. The summed E-state index contributed by atoms with van der Waals surface area (Å²) in [6.07, 6.45) is 3.31. The van der Waals surface area contributed by atoms with Crippen LogP contribution in [0.4, 0.5) is 0 Å². The number of amides is 2. The van der Waals surface area contributed by atoms with E-state index in [0.29, 0.717) is 38.6 Å². The van der Waals surface area contributed by atoms with Gasteiger partial charge >= 0.3 is 0 Å². The van der Waals surface area contributed by atoms with Gasteiger partial charge in [0.1, 0.15) is 6.04 Å². The van der Waals surface area contributed by atoms with Crippen molar-refractivity contribution in [1.82, 2.24) is 10.2 Å². The van der Waals surface area contributed by atoms with Gasteiger partial charge in [-0.1, -0.05) is 13.3 Å². The highest BCUT2D eigenvalue weighted by molar-refractivity contribution is 5.88. The first-order valence-electron chi connectivity index (χ1n) is 7.98. The van der Waals surface area contributed by atoms with Crippen molar-refractivity contribution in [3.63, 3.8) is 0 Å². The lowest BCUT2D eigenvalue weighted by atomic mass is 9.96. The van der Waals surface area contributed by atoms with Crippen LogP contribution in [0, 0.1) is 5.92 Å². The summed E-state index contributed by atoms with van der Waals surface area (Å²) >= 11 is 0. The molecule has 0 saturated carbocycles. The van der Waals surface area contributed by atoms with E-state index in [4.69, 9.17) is 10.5 Å². The van der Waals surface area contributed by atoms with Crippen LogP contribution in [0.25, 0.3) is 0 Å². The monoisotopic (exact) mass is 299 g/mol. The van der Waals surface area contributed by atoms with Crippen LogP contribution in [0.1, 0.15) is 39.5 Å². The van der Waals surface area contributed by atoms with Crippen molar-refractivity contribution in [3.05, 3.63) is 0 Å². The summed E-state index contributed by atoms with van der Waals surface area (Å²) in [6.45, 7) is 6.49. The average Bonchev–Trinajstić information content (AvgIpc) is 2.51. The van der Waals surface area contributed by atoms with Crippen LogP contribution in [0.15, 0.2) is 0 Å². The number of ether oxygens (including phenoxy) is 1. The molecule has 0 aromatic carbocycles. The van der Waals surface area contributed by atoms with E-state index in [9.17, 15) is 9.59 Å². The maximum absolute atomic E-state index is 12.4. The average molecular weight is 299 g/mol. The van der Waals surface area contributed by atoms with E-state index < -0.39 is 6.04 Å². The second kappa shape index (κ2) is 9.73. The Balaban J connectivity index is 2.54. The van der Waals surface area contributed by atoms with Crippen LogP contribution >= 0.6 is 0 Å². The van der Waals surface area contributed by atoms with Gasteiger partial charge in [0.05, 0.1) is 13.2 Å². The van der Waals surface area contributed by atoms with Crippen molar-refractivity contribution in [2.75, 3.05) is 32.8 Å². The van der Waals surface area contributed by atoms with Crippen LogP contribution in [-0.4, -0.2) is 55.6 Å². The first-order chi connectivity index (χ1) is 10.1. The molecule has 0 aromatic heterocycles. The molecule has 2 amide bonds. The molecule has 1 heterocycles. The molecule has 0 bridgehead atoms. The lowest BCUT2D eigenvalue weighted by molar-refractivity contribution is -0.148. The molecule has 1 rings (SSSR count). The molecule has 1 fully saturated rings. The van der Waals surface area contributed by atoms with E-state index >= 15 is 0 Å². The fraction of sp³-hybridized carbons (Fsp3) is 0.867. The normalized spacial score (nSPS) is 20.1. The minimum atomic E-state index is -0.485. The molecule has 6 nitrogen and oxygen atoms in total. The third kappa shape index (κ3) is 5.63. The second-order valence-corrected chi connectivity index (χ2v) is 5.46. The lowest BCUT2D eigenvalue weighted by Crippen LogP contribution is -2.55. The van der Waals surface area contributed by atoms with Crippen LogP contribution < -0.4 is 11.1 Å². The number of hydrogen-bond acceptors (Lipinski definition) is 4. The van der Waals surface area contributed by atoms with Crippen molar-refractivity contribution in [3.8, 4) is 0 Å². The first kappa shape index (κ1) is 17.9. The quantitative estimate of drug-likeness (QED) is 0.684. The fourth-order valence-electron chi connectivity index (χ4n) is 2.67. The van der Waals surface area contributed by atoms with Gasteiger partial charge in [-0.2, -0.15) is 0 Å². The molecule has 1 aliphatic rings. The zero-order chi connectivity index (χ0) is 15.7. The van der Waals surface area contributed by atoms with Crippen molar-refractivity contribution in [2.24, 2.45) is 11.7 Å². The minimum absolute atomic E-state index is 0.0463. The van der Waals surface area contributed by atoms with Crippen LogP contribution in [0.3, 0.4) is 0 Å². The molecule has 6 heteroatoms. The van der Waals surface area contributed by atoms with E-state index in [0.717, 1.165) is 19.3 Å². The van der Waals surface area contributed by atoms with Crippen LogP contribution in [0.5, 0.6) is 0 Å². The Labute approximate surface area is 127 Å². The highest BCUT2D eigenvalue weighted by Gasteiger charge is 2.32. The second-order valence-electron chi connectivity index (χ2n) is 5.46. The number of nitrogens with zero attached hydrogens (tertiary/aromatic N) is 1. The largest absolute Gasteiger partial charge is 0.377 e. The molecule has 0 aromatic rings. The van der Waals surface area contributed by atoms with E-state index in [1.807, 2.05) is 6.92 Å². The molecule has 2 atom stereocenters. The van der Waals surface area contributed by atoms with Gasteiger partial charge in [-0.15, -0.1) is 0 Å². The van der Waals surface area contributed by atoms with Gasteiger partial charge in [-0.05, 0) is 32.2 Å². The summed E-state index contributed by atoms with van der Waals surface area (Å²) in [5.74, 6) is 0.410. The Hall–Kier alpha value is -1.14. The third-order valence-corrected chi connectivity index (χ3v) is 4.02. The molecule has 3 N–H and O–H groups in total. The van der Waals surface area contributed by atoms with Gasteiger partial charge in [0.25, 0.3) is 0 Å². The molecule has 21 heavy (non-hydrogen) atoms. The number of nitrogens with two attached hydrogens (primary N) is 1. The number of carbonyl (C=O) groups is 2. The standard InChI is InChI=1S/C15H29N3O3/c1-3-12(7-8-16)5-6-14(19)18-9-10-21-11-13(18)15(20)17-4-2/h12-13H,3-11,16H2,1-2H3,(H,17,20). The van der Waals surface area contributed by atoms with Gasteiger partial charge < -0.3 is 20.7 Å². The molecule has 0 spiro atoms. The molecule has 1 saturated heterocycles. The summed E-state index contributed by atoms with van der Waals surface area (Å²) in [6, 6.07) is -0.485. The Morgan fingerprint density at radius 3 is 2.76 bits per heavy atom. The van der Waals surface area contributed by atoms with Gasteiger partial charge in [0, 0.05) is 19.5 Å². The Morgan fingerprint density at radius 1 is 1.38 bits per heavy atom. The minimum Gasteiger partial charge on any atom is -0.377 e. The molecule has 1 aliphatic heterocycles. The molecule has 122 valence electrons. The third-order valence-electron chi connectivity index (χ3n) is 4.02. The highest BCUT2D eigenvalue weighted by Crippen LogP contribution is 2.17. The van der Waals surface area contributed by atoms with Crippen molar-refractivity contribution < 1.29 is 14.3 Å². The van der Waals surface area contributed by atoms with Crippen molar-refractivity contribution in [1.29, 1.82) is 0 Å². The van der Waals surface area contributed by atoms with Gasteiger partial charge in [0.2, 0.25) is 11.8 Å². The maximum Gasteiger partial charge on any atom is 0.245 e. The smallest absolute Gasteiger partial charge is 0.245 e. The predicted octanol–water partition coefficient (Wildman–Crippen LogP) is 0.505. The summed E-state index contributed by atoms with van der Waals surface area (Å²) in [5.41, 5.74) is 5.58. The van der Waals surface area contributed by atoms with Gasteiger partial charge in [0.15, 0.2) is 0 Å². The predicted molar refractivity (Wildman–Crippen MR) is 81.7 cm³/mol. The number of carbonyl (C=O) groups excluding carboxylic acids is 2. The van der Waals surface area contributed by atoms with Crippen molar-refractivity contribution in [2.45, 2.75) is 45.6 Å². The fourth-order valence-corrected chi connectivity index (χ4v) is 2.67. The maximum atomic E-state index is 12.4. The number of hydrogen-bond donors (Lipinski definition) is 2. The zero-order valence-corrected chi connectivity index (χ0v) is 13.3. The summed E-state index contributed by atoms with van der Waals surface area (Å²) in [7, 11) is 0. The molecule has 2 unspecified atom stereocenters. The van der Waals surface area contributed by atoms with Crippen LogP contribution in [0.2, 0.25) is 0 Å².